The molecule has 114 valence electrons. The number of aryl methyl sites for hydroxylation is 1. The molecule has 0 aliphatic carbocycles. The molecule has 1 unspecified atom stereocenters. The second kappa shape index (κ2) is 7.09. The van der Waals surface area contributed by atoms with Gasteiger partial charge in [0.05, 0.1) is 5.56 Å². The third-order valence-electron chi connectivity index (χ3n) is 3.14. The van der Waals surface area contributed by atoms with Crippen molar-refractivity contribution in [2.45, 2.75) is 20.0 Å². The largest absolute Gasteiger partial charge is 0.449 e. The Morgan fingerprint density at radius 2 is 1.73 bits per heavy atom. The Hall–Kier alpha value is -2.33. The lowest BCUT2D eigenvalue weighted by Crippen LogP contribution is -2.30. The number of amides is 1. The zero-order valence-corrected chi connectivity index (χ0v) is 13.1. The number of para-hydroxylation sites is 1. The van der Waals surface area contributed by atoms with Crippen LogP contribution in [0.2, 0.25) is 5.02 Å². The molecule has 5 heteroatoms. The monoisotopic (exact) mass is 317 g/mol. The highest BCUT2D eigenvalue weighted by molar-refractivity contribution is 6.30. The topological polar surface area (TPSA) is 55.4 Å². The van der Waals surface area contributed by atoms with Crippen LogP contribution < -0.4 is 5.32 Å². The van der Waals surface area contributed by atoms with Gasteiger partial charge < -0.3 is 10.1 Å². The van der Waals surface area contributed by atoms with Gasteiger partial charge in [0.15, 0.2) is 6.10 Å². The smallest absolute Gasteiger partial charge is 0.338 e. The summed E-state index contributed by atoms with van der Waals surface area (Å²) < 4.78 is 5.16. The molecule has 0 aliphatic heterocycles. The maximum absolute atomic E-state index is 12.1. The van der Waals surface area contributed by atoms with Crippen LogP contribution in [-0.2, 0) is 9.53 Å². The maximum atomic E-state index is 12.1. The van der Waals surface area contributed by atoms with Gasteiger partial charge in [-0.15, -0.1) is 0 Å². The van der Waals surface area contributed by atoms with Crippen molar-refractivity contribution in [2.24, 2.45) is 0 Å². The Kier molecular flexibility index (Phi) is 5.17. The van der Waals surface area contributed by atoms with E-state index in [1.165, 1.54) is 6.92 Å². The van der Waals surface area contributed by atoms with Gasteiger partial charge in [0.1, 0.15) is 0 Å². The lowest BCUT2D eigenvalue weighted by Gasteiger charge is -2.14. The Labute approximate surface area is 134 Å². The van der Waals surface area contributed by atoms with Crippen molar-refractivity contribution in [1.82, 2.24) is 0 Å². The van der Waals surface area contributed by atoms with Gasteiger partial charge in [-0.3, -0.25) is 4.79 Å². The molecule has 0 aliphatic rings. The van der Waals surface area contributed by atoms with Crippen LogP contribution in [0, 0.1) is 6.92 Å². The number of hydrogen-bond donors (Lipinski definition) is 1. The maximum Gasteiger partial charge on any atom is 0.338 e. The summed E-state index contributed by atoms with van der Waals surface area (Å²) in [5, 5.41) is 3.27. The van der Waals surface area contributed by atoms with Crippen LogP contribution >= 0.6 is 11.6 Å². The number of esters is 1. The number of ether oxygens (including phenoxy) is 1. The van der Waals surface area contributed by atoms with Crippen molar-refractivity contribution in [2.75, 3.05) is 5.32 Å². The fraction of sp³-hybridized carbons (Fsp3) is 0.176. The normalized spacial score (nSPS) is 11.6. The highest BCUT2D eigenvalue weighted by Gasteiger charge is 2.19. The summed E-state index contributed by atoms with van der Waals surface area (Å²) in [6.45, 7) is 3.42. The van der Waals surface area contributed by atoms with Crippen LogP contribution in [0.25, 0.3) is 0 Å². The number of carbonyl (C=O) groups is 2. The summed E-state index contributed by atoms with van der Waals surface area (Å²) >= 11 is 5.76. The lowest BCUT2D eigenvalue weighted by atomic mass is 10.2. The van der Waals surface area contributed by atoms with Crippen LogP contribution in [0.1, 0.15) is 22.8 Å². The molecule has 22 heavy (non-hydrogen) atoms. The van der Waals surface area contributed by atoms with Crippen molar-refractivity contribution >= 4 is 29.2 Å². The number of carbonyl (C=O) groups excluding carboxylic acids is 2. The average Bonchev–Trinajstić information content (AvgIpc) is 2.50. The SMILES string of the molecule is Cc1ccccc1NC(=O)C(C)OC(=O)c1ccc(Cl)cc1. The summed E-state index contributed by atoms with van der Waals surface area (Å²) in [7, 11) is 0. The van der Waals surface area contributed by atoms with E-state index in [-0.39, 0.29) is 5.91 Å². The van der Waals surface area contributed by atoms with E-state index < -0.39 is 12.1 Å². The first-order valence-corrected chi connectivity index (χ1v) is 7.18. The van der Waals surface area contributed by atoms with Crippen molar-refractivity contribution < 1.29 is 14.3 Å². The Bertz CT molecular complexity index is 683. The molecule has 0 radical (unpaired) electrons. The van der Waals surface area contributed by atoms with Crippen molar-refractivity contribution in [3.63, 3.8) is 0 Å². The first kappa shape index (κ1) is 16.0. The number of nitrogens with one attached hydrogen (secondary N) is 1. The van der Waals surface area contributed by atoms with Gasteiger partial charge in [0, 0.05) is 10.7 Å². The summed E-state index contributed by atoms with van der Waals surface area (Å²) in [6, 6.07) is 13.7. The van der Waals surface area contributed by atoms with Gasteiger partial charge in [-0.1, -0.05) is 29.8 Å². The zero-order valence-electron chi connectivity index (χ0n) is 12.3. The van der Waals surface area contributed by atoms with Gasteiger partial charge in [-0.05, 0) is 49.7 Å². The quantitative estimate of drug-likeness (QED) is 0.872. The predicted octanol–water partition coefficient (Wildman–Crippen LogP) is 3.83. The van der Waals surface area contributed by atoms with E-state index in [4.69, 9.17) is 16.3 Å². The van der Waals surface area contributed by atoms with Crippen LogP contribution in [0.5, 0.6) is 0 Å². The van der Waals surface area contributed by atoms with Gasteiger partial charge >= 0.3 is 5.97 Å². The molecule has 0 bridgehead atoms. The van der Waals surface area contributed by atoms with Crippen LogP contribution in [0.15, 0.2) is 48.5 Å². The highest BCUT2D eigenvalue weighted by atomic mass is 35.5. The molecular formula is C17H16ClNO3. The molecule has 2 aromatic carbocycles. The molecule has 0 spiro atoms. The summed E-state index contributed by atoms with van der Waals surface area (Å²) in [5.74, 6) is -0.944. The van der Waals surface area contributed by atoms with E-state index in [0.717, 1.165) is 5.56 Å². The Morgan fingerprint density at radius 3 is 2.36 bits per heavy atom. The van der Waals surface area contributed by atoms with Crippen molar-refractivity contribution in [3.8, 4) is 0 Å². The van der Waals surface area contributed by atoms with Crippen molar-refractivity contribution in [1.29, 1.82) is 0 Å². The molecule has 2 aromatic rings. The molecule has 4 nitrogen and oxygen atoms in total. The van der Waals surface area contributed by atoms with E-state index in [0.29, 0.717) is 16.3 Å². The van der Waals surface area contributed by atoms with Gasteiger partial charge in [0.25, 0.3) is 5.91 Å². The molecule has 0 aromatic heterocycles. The standard InChI is InChI=1S/C17H16ClNO3/c1-11-5-3-4-6-15(11)19-16(20)12(2)22-17(21)13-7-9-14(18)10-8-13/h3-10,12H,1-2H3,(H,19,20). The minimum Gasteiger partial charge on any atom is -0.449 e. The van der Waals surface area contributed by atoms with E-state index in [9.17, 15) is 9.59 Å². The molecule has 0 heterocycles. The molecule has 1 N–H and O–H groups in total. The van der Waals surface area contributed by atoms with Crippen LogP contribution in [0.4, 0.5) is 5.69 Å². The molecule has 0 saturated heterocycles. The minimum atomic E-state index is -0.900. The zero-order chi connectivity index (χ0) is 16.1. The van der Waals surface area contributed by atoms with Crippen LogP contribution in [0.3, 0.4) is 0 Å². The number of anilines is 1. The molecule has 0 fully saturated rings. The van der Waals surface area contributed by atoms with Crippen LogP contribution in [-0.4, -0.2) is 18.0 Å². The predicted molar refractivity (Wildman–Crippen MR) is 86.1 cm³/mol. The molecule has 1 amide bonds. The average molecular weight is 318 g/mol. The molecule has 1 atom stereocenters. The van der Waals surface area contributed by atoms with Gasteiger partial charge in [-0.2, -0.15) is 0 Å². The molecule has 0 saturated carbocycles. The number of rotatable bonds is 4. The van der Waals surface area contributed by atoms with Crippen molar-refractivity contribution in [3.05, 3.63) is 64.7 Å². The molecular weight excluding hydrogens is 302 g/mol. The molecule has 2 rings (SSSR count). The summed E-state index contributed by atoms with van der Waals surface area (Å²) in [5.41, 5.74) is 1.98. The van der Waals surface area contributed by atoms with Gasteiger partial charge in [-0.25, -0.2) is 4.79 Å². The number of halogens is 1. The van der Waals surface area contributed by atoms with E-state index >= 15 is 0 Å². The third-order valence-corrected chi connectivity index (χ3v) is 3.39. The number of hydrogen-bond acceptors (Lipinski definition) is 3. The second-order valence-electron chi connectivity index (χ2n) is 4.86. The minimum absolute atomic E-state index is 0.347. The van der Waals surface area contributed by atoms with E-state index in [1.807, 2.05) is 25.1 Å². The first-order chi connectivity index (χ1) is 10.5. The fourth-order valence-corrected chi connectivity index (χ4v) is 1.94. The van der Waals surface area contributed by atoms with Gasteiger partial charge in [0.2, 0.25) is 0 Å². The second-order valence-corrected chi connectivity index (χ2v) is 5.30. The Morgan fingerprint density at radius 1 is 1.09 bits per heavy atom. The fourth-order valence-electron chi connectivity index (χ4n) is 1.82. The first-order valence-electron chi connectivity index (χ1n) is 6.80. The summed E-state index contributed by atoms with van der Waals surface area (Å²) in [4.78, 5) is 24.0. The van der Waals surface area contributed by atoms with E-state index in [1.54, 1.807) is 30.3 Å². The Balaban J connectivity index is 1.98. The van der Waals surface area contributed by atoms with E-state index in [2.05, 4.69) is 5.32 Å². The third kappa shape index (κ3) is 4.09. The number of benzene rings is 2. The summed E-state index contributed by atoms with van der Waals surface area (Å²) in [6.07, 6.45) is -0.900. The lowest BCUT2D eigenvalue weighted by molar-refractivity contribution is -0.123. The highest BCUT2D eigenvalue weighted by Crippen LogP contribution is 2.15.